The molecule has 3 aliphatic heterocycles. The fraction of sp³-hybridized carbons (Fsp3) is 0.529. The minimum Gasteiger partial charge on any atom is -0.394 e. The summed E-state index contributed by atoms with van der Waals surface area (Å²) in [4.78, 5) is 0. The topological polar surface area (TPSA) is 286 Å². The van der Waals surface area contributed by atoms with Crippen LogP contribution in [0.4, 0.5) is 0 Å². The summed E-state index contributed by atoms with van der Waals surface area (Å²) in [5, 5.41) is 91.2. The monoisotopic (exact) mass is 701 g/mol. The number of benzene rings is 4. The third-order valence-electron chi connectivity index (χ3n) is 10.5. The van der Waals surface area contributed by atoms with E-state index >= 15 is 0 Å². The molecular formula is C34H43N3O13. The minimum absolute atomic E-state index is 0.358. The minimum atomic E-state index is -1.97. The summed E-state index contributed by atoms with van der Waals surface area (Å²) in [6, 6.07) is 13.1. The van der Waals surface area contributed by atoms with E-state index in [4.69, 9.17) is 40.9 Å². The van der Waals surface area contributed by atoms with Gasteiger partial charge in [-0.25, -0.2) is 0 Å². The molecule has 3 aliphatic rings. The predicted octanol–water partition coefficient (Wildman–Crippen LogP) is -3.25. The van der Waals surface area contributed by atoms with Crippen LogP contribution >= 0.6 is 0 Å². The Hall–Kier alpha value is -2.72. The van der Waals surface area contributed by atoms with E-state index in [1.54, 1.807) is 6.07 Å². The van der Waals surface area contributed by atoms with E-state index in [9.17, 15) is 40.9 Å². The van der Waals surface area contributed by atoms with Crippen molar-refractivity contribution in [1.29, 1.82) is 0 Å². The zero-order valence-corrected chi connectivity index (χ0v) is 26.8. The van der Waals surface area contributed by atoms with Gasteiger partial charge in [-0.15, -0.1) is 0 Å². The van der Waals surface area contributed by atoms with Crippen LogP contribution < -0.4 is 17.2 Å². The Morgan fingerprint density at radius 2 is 1.16 bits per heavy atom. The van der Waals surface area contributed by atoms with E-state index < -0.39 is 111 Å². The molecule has 0 amide bonds. The fourth-order valence-corrected chi connectivity index (χ4v) is 7.62. The van der Waals surface area contributed by atoms with E-state index in [1.807, 2.05) is 48.5 Å². The molecule has 3 fully saturated rings. The molecule has 16 heteroatoms. The number of ether oxygens (including phenoxy) is 5. The number of rotatable bonds is 8. The van der Waals surface area contributed by atoms with Crippen LogP contribution in [0.5, 0.6) is 0 Å². The average molecular weight is 702 g/mol. The van der Waals surface area contributed by atoms with E-state index in [0.717, 1.165) is 26.9 Å². The van der Waals surface area contributed by atoms with Crippen LogP contribution in [-0.2, 0) is 29.3 Å². The van der Waals surface area contributed by atoms with Gasteiger partial charge in [0.05, 0.1) is 37.9 Å². The van der Waals surface area contributed by atoms with Gasteiger partial charge in [-0.05, 0) is 37.9 Å². The second-order valence-electron chi connectivity index (χ2n) is 13.3. The molecule has 3 heterocycles. The zero-order chi connectivity index (χ0) is 35.6. The highest BCUT2D eigenvalue weighted by molar-refractivity contribution is 6.23. The van der Waals surface area contributed by atoms with Gasteiger partial charge >= 0.3 is 0 Å². The van der Waals surface area contributed by atoms with Crippen molar-refractivity contribution in [2.75, 3.05) is 19.8 Å². The SMILES string of the molecule is NC1C(O)O[C@H](CO)C(O[C@@H]2O[C@H](CO)C(O[C@@H]3O[C@@](CO)(c4ccc5ccc6cccc7ccc4c5c67)[C@@H](O)[C@H](O)[C@H]3N)[C@H](O)C2N)C1O. The Balaban J connectivity index is 1.19. The summed E-state index contributed by atoms with van der Waals surface area (Å²) in [5.74, 6) is 0. The second kappa shape index (κ2) is 13.7. The van der Waals surface area contributed by atoms with Crippen molar-refractivity contribution >= 4 is 32.3 Å². The molecule has 15 atom stereocenters. The third-order valence-corrected chi connectivity index (χ3v) is 10.5. The number of hydrogen-bond donors (Lipinski definition) is 11. The van der Waals surface area contributed by atoms with Gasteiger partial charge in [-0.3, -0.25) is 0 Å². The first-order valence-corrected chi connectivity index (χ1v) is 16.4. The molecule has 0 radical (unpaired) electrons. The first-order valence-electron chi connectivity index (χ1n) is 16.4. The lowest BCUT2D eigenvalue weighted by Crippen LogP contribution is -2.70. The first-order chi connectivity index (χ1) is 23.9. The van der Waals surface area contributed by atoms with Gasteiger partial charge in [-0.1, -0.05) is 54.6 Å². The van der Waals surface area contributed by atoms with E-state index in [-0.39, 0.29) is 0 Å². The van der Waals surface area contributed by atoms with Gasteiger partial charge in [-0.2, -0.15) is 0 Å². The van der Waals surface area contributed by atoms with Crippen LogP contribution in [0.2, 0.25) is 0 Å². The van der Waals surface area contributed by atoms with Gasteiger partial charge in [0.1, 0.15) is 54.4 Å². The zero-order valence-electron chi connectivity index (χ0n) is 26.8. The molecule has 6 unspecified atom stereocenters. The summed E-state index contributed by atoms with van der Waals surface area (Å²) in [7, 11) is 0. The molecular weight excluding hydrogens is 658 g/mol. The van der Waals surface area contributed by atoms with Crippen LogP contribution in [0.15, 0.2) is 54.6 Å². The van der Waals surface area contributed by atoms with Crippen LogP contribution in [0, 0.1) is 0 Å². The number of hydrogen-bond acceptors (Lipinski definition) is 16. The predicted molar refractivity (Wildman–Crippen MR) is 175 cm³/mol. The Bertz CT molecular complexity index is 1780. The smallest absolute Gasteiger partial charge is 0.177 e. The van der Waals surface area contributed by atoms with Crippen molar-refractivity contribution in [3.05, 3.63) is 60.2 Å². The van der Waals surface area contributed by atoms with E-state index in [1.165, 1.54) is 0 Å². The molecule has 4 aromatic carbocycles. The average Bonchev–Trinajstić information content (AvgIpc) is 3.13. The second-order valence-corrected chi connectivity index (χ2v) is 13.3. The maximum absolute atomic E-state index is 11.5. The van der Waals surface area contributed by atoms with E-state index in [0.29, 0.717) is 10.9 Å². The van der Waals surface area contributed by atoms with Gasteiger partial charge in [0.15, 0.2) is 18.9 Å². The van der Waals surface area contributed by atoms with Crippen molar-refractivity contribution in [1.82, 2.24) is 0 Å². The largest absolute Gasteiger partial charge is 0.394 e. The van der Waals surface area contributed by atoms with Crippen molar-refractivity contribution in [2.24, 2.45) is 17.2 Å². The van der Waals surface area contributed by atoms with Gasteiger partial charge in [0.25, 0.3) is 0 Å². The molecule has 0 spiro atoms. The Morgan fingerprint density at radius 3 is 1.80 bits per heavy atom. The highest BCUT2D eigenvalue weighted by atomic mass is 16.7. The molecule has 0 aromatic heterocycles. The molecule has 50 heavy (non-hydrogen) atoms. The van der Waals surface area contributed by atoms with Gasteiger partial charge < -0.3 is 81.7 Å². The highest BCUT2D eigenvalue weighted by Crippen LogP contribution is 2.45. The summed E-state index contributed by atoms with van der Waals surface area (Å²) < 4.78 is 29.4. The standard InChI is InChI=1S/C34H43N3O13/c35-22-25(41)28(18(10-38)46-31(22)45)48-32-23(36)26(42)29(19(11-39)47-32)49-33-24(37)27(43)30(44)34(12-40,50-33)17-9-7-15-5-4-13-2-1-3-14-6-8-16(17)21(15)20(13)14/h1-9,18-19,22-33,38-45H,10-12,35-37H2/t18-,19-,22?,23?,24-,25?,26-,27-,28?,29?,30+,31?,32+,33-,34+/m1/s1. The maximum Gasteiger partial charge on any atom is 0.177 e. The molecule has 0 aliphatic carbocycles. The van der Waals surface area contributed by atoms with Gasteiger partial charge in [0.2, 0.25) is 0 Å². The van der Waals surface area contributed by atoms with Crippen molar-refractivity contribution in [2.45, 2.75) is 91.4 Å². The Kier molecular flexibility index (Phi) is 9.76. The molecule has 7 rings (SSSR count). The third kappa shape index (κ3) is 5.57. The number of aliphatic hydroxyl groups is 8. The normalized spacial score (nSPS) is 41.3. The number of aliphatic hydroxyl groups excluding tert-OH is 8. The molecule has 3 saturated heterocycles. The lowest BCUT2D eigenvalue weighted by atomic mass is 9.78. The van der Waals surface area contributed by atoms with Crippen LogP contribution in [0.1, 0.15) is 5.56 Å². The summed E-state index contributed by atoms with van der Waals surface area (Å²) in [6.07, 6.45) is -16.6. The summed E-state index contributed by atoms with van der Waals surface area (Å²) >= 11 is 0. The lowest BCUT2D eigenvalue weighted by Gasteiger charge is -2.51. The number of nitrogens with two attached hydrogens (primary N) is 3. The quantitative estimate of drug-likeness (QED) is 0.0805. The van der Waals surface area contributed by atoms with Crippen molar-refractivity contribution in [3.8, 4) is 0 Å². The molecule has 16 nitrogen and oxygen atoms in total. The molecule has 0 bridgehead atoms. The van der Waals surface area contributed by atoms with Crippen LogP contribution in [-0.4, -0.2) is 147 Å². The van der Waals surface area contributed by atoms with Crippen LogP contribution in [0.3, 0.4) is 0 Å². The highest BCUT2D eigenvalue weighted by Gasteiger charge is 2.57. The first kappa shape index (κ1) is 35.7. The maximum atomic E-state index is 11.5. The molecule has 4 aromatic rings. The summed E-state index contributed by atoms with van der Waals surface area (Å²) in [6.45, 7) is -2.22. The van der Waals surface area contributed by atoms with Crippen molar-refractivity contribution < 1.29 is 64.5 Å². The summed E-state index contributed by atoms with van der Waals surface area (Å²) in [5.41, 5.74) is 16.8. The van der Waals surface area contributed by atoms with E-state index in [2.05, 4.69) is 0 Å². The van der Waals surface area contributed by atoms with Gasteiger partial charge in [0, 0.05) is 0 Å². The molecule has 14 N–H and O–H groups in total. The van der Waals surface area contributed by atoms with Crippen LogP contribution in [0.25, 0.3) is 32.3 Å². The Labute approximate surface area is 285 Å². The lowest BCUT2D eigenvalue weighted by molar-refractivity contribution is -0.363. The fourth-order valence-electron chi connectivity index (χ4n) is 7.62. The van der Waals surface area contributed by atoms with Crippen molar-refractivity contribution in [3.63, 3.8) is 0 Å². The molecule has 272 valence electrons. The Morgan fingerprint density at radius 1 is 0.620 bits per heavy atom. The molecule has 0 saturated carbocycles.